The lowest BCUT2D eigenvalue weighted by Crippen LogP contribution is -1.89. The van der Waals surface area contributed by atoms with E-state index in [1.807, 2.05) is 12.1 Å². The van der Waals surface area contributed by atoms with Gasteiger partial charge in [-0.05, 0) is 46.3 Å². The maximum atomic E-state index is 12.9. The van der Waals surface area contributed by atoms with E-state index in [1.54, 1.807) is 24.4 Å². The van der Waals surface area contributed by atoms with E-state index in [4.69, 9.17) is 4.74 Å². The van der Waals surface area contributed by atoms with Gasteiger partial charge in [-0.2, -0.15) is 5.10 Å². The highest BCUT2D eigenvalue weighted by Crippen LogP contribution is 2.30. The zero-order chi connectivity index (χ0) is 13.9. The molecule has 0 saturated heterocycles. The third-order valence-corrected chi connectivity index (χ3v) is 3.08. The molecule has 0 fully saturated rings. The zero-order valence-electron chi connectivity index (χ0n) is 10.2. The van der Waals surface area contributed by atoms with E-state index in [0.717, 1.165) is 5.56 Å². The zero-order valence-corrected chi connectivity index (χ0v) is 11.8. The first kappa shape index (κ1) is 12.8. The van der Waals surface area contributed by atoms with Gasteiger partial charge in [0.2, 0.25) is 5.88 Å². The highest BCUT2D eigenvalue weighted by atomic mass is 79.9. The molecule has 0 aliphatic heterocycles. The number of aromatic nitrogens is 3. The number of hydrogen-bond donors (Lipinski definition) is 1. The van der Waals surface area contributed by atoms with Crippen LogP contribution in [0.5, 0.6) is 11.6 Å². The van der Waals surface area contributed by atoms with E-state index in [1.165, 1.54) is 12.1 Å². The highest BCUT2D eigenvalue weighted by molar-refractivity contribution is 9.10. The van der Waals surface area contributed by atoms with Crippen molar-refractivity contribution in [2.75, 3.05) is 0 Å². The highest BCUT2D eigenvalue weighted by Gasteiger charge is 2.10. The Morgan fingerprint density at radius 3 is 2.65 bits per heavy atom. The van der Waals surface area contributed by atoms with Gasteiger partial charge < -0.3 is 4.74 Å². The normalized spacial score (nSPS) is 10.5. The average Bonchev–Trinajstić information content (AvgIpc) is 2.88. The average molecular weight is 334 g/mol. The van der Waals surface area contributed by atoms with Crippen LogP contribution < -0.4 is 4.74 Å². The summed E-state index contributed by atoms with van der Waals surface area (Å²) in [5.74, 6) is 0.690. The molecule has 0 aliphatic rings. The minimum absolute atomic E-state index is 0.288. The van der Waals surface area contributed by atoms with Crippen molar-refractivity contribution in [3.8, 4) is 22.9 Å². The van der Waals surface area contributed by atoms with Crippen LogP contribution >= 0.6 is 15.9 Å². The first-order valence-corrected chi connectivity index (χ1v) is 6.61. The van der Waals surface area contributed by atoms with Crippen LogP contribution in [0.25, 0.3) is 11.3 Å². The monoisotopic (exact) mass is 333 g/mol. The smallest absolute Gasteiger partial charge is 0.220 e. The fourth-order valence-corrected chi connectivity index (χ4v) is 2.06. The second-order valence-electron chi connectivity index (χ2n) is 4.02. The molecule has 100 valence electrons. The van der Waals surface area contributed by atoms with Crippen LogP contribution in [-0.2, 0) is 0 Å². The van der Waals surface area contributed by atoms with Gasteiger partial charge in [0.15, 0.2) is 5.75 Å². The van der Waals surface area contributed by atoms with Crippen LogP contribution in [0.15, 0.2) is 53.3 Å². The molecule has 0 spiro atoms. The predicted molar refractivity (Wildman–Crippen MR) is 76.0 cm³/mol. The summed E-state index contributed by atoms with van der Waals surface area (Å²) in [4.78, 5) is 4.19. The Bertz CT molecular complexity index is 727. The Labute approximate surface area is 122 Å². The van der Waals surface area contributed by atoms with Crippen molar-refractivity contribution in [3.63, 3.8) is 0 Å². The lowest BCUT2D eigenvalue weighted by Gasteiger charge is -2.05. The van der Waals surface area contributed by atoms with Crippen LogP contribution in [0.3, 0.4) is 0 Å². The fourth-order valence-electron chi connectivity index (χ4n) is 1.73. The molecular weight excluding hydrogens is 325 g/mol. The van der Waals surface area contributed by atoms with Crippen molar-refractivity contribution in [2.24, 2.45) is 0 Å². The Balaban J connectivity index is 1.92. The van der Waals surface area contributed by atoms with E-state index in [2.05, 4.69) is 31.1 Å². The molecule has 0 radical (unpaired) electrons. The number of benzene rings is 1. The van der Waals surface area contributed by atoms with Gasteiger partial charge in [-0.25, -0.2) is 9.37 Å². The summed E-state index contributed by atoms with van der Waals surface area (Å²) in [5, 5.41) is 6.80. The quantitative estimate of drug-likeness (QED) is 0.732. The number of rotatable bonds is 3. The van der Waals surface area contributed by atoms with Crippen molar-refractivity contribution in [1.82, 2.24) is 15.2 Å². The molecule has 20 heavy (non-hydrogen) atoms. The van der Waals surface area contributed by atoms with Gasteiger partial charge >= 0.3 is 0 Å². The number of ether oxygens (including phenoxy) is 1. The van der Waals surface area contributed by atoms with Crippen LogP contribution in [-0.4, -0.2) is 15.2 Å². The van der Waals surface area contributed by atoms with E-state index in [-0.39, 0.29) is 5.82 Å². The molecule has 1 N–H and O–H groups in total. The standard InChI is InChI=1S/C14H9BrFN3O/c15-12-2-1-3-13(18-12)20-11-8-17-19-14(11)9-4-6-10(16)7-5-9/h1-8H,(H,17,19). The predicted octanol–water partition coefficient (Wildman–Crippen LogP) is 4.17. The maximum absolute atomic E-state index is 12.9. The Morgan fingerprint density at radius 1 is 1.10 bits per heavy atom. The molecule has 0 bridgehead atoms. The maximum Gasteiger partial charge on any atom is 0.220 e. The van der Waals surface area contributed by atoms with E-state index >= 15 is 0 Å². The van der Waals surface area contributed by atoms with Crippen molar-refractivity contribution in [3.05, 3.63) is 59.1 Å². The third-order valence-electron chi connectivity index (χ3n) is 2.64. The summed E-state index contributed by atoms with van der Waals surface area (Å²) in [6.45, 7) is 0. The van der Waals surface area contributed by atoms with E-state index < -0.39 is 0 Å². The minimum Gasteiger partial charge on any atom is -0.435 e. The summed E-state index contributed by atoms with van der Waals surface area (Å²) in [5.41, 5.74) is 1.46. The Kier molecular flexibility index (Phi) is 3.47. The second-order valence-corrected chi connectivity index (χ2v) is 4.83. The van der Waals surface area contributed by atoms with Crippen molar-refractivity contribution >= 4 is 15.9 Å². The number of H-pyrrole nitrogens is 1. The van der Waals surface area contributed by atoms with Gasteiger partial charge in [-0.3, -0.25) is 5.10 Å². The molecule has 0 saturated carbocycles. The molecule has 1 aromatic carbocycles. The lowest BCUT2D eigenvalue weighted by atomic mass is 10.1. The van der Waals surface area contributed by atoms with Crippen LogP contribution in [0.2, 0.25) is 0 Å². The molecule has 2 aromatic heterocycles. The van der Waals surface area contributed by atoms with Crippen LogP contribution in [0.1, 0.15) is 0 Å². The fraction of sp³-hybridized carbons (Fsp3) is 0. The second kappa shape index (κ2) is 5.42. The topological polar surface area (TPSA) is 50.8 Å². The summed E-state index contributed by atoms with van der Waals surface area (Å²) in [6.07, 6.45) is 1.56. The summed E-state index contributed by atoms with van der Waals surface area (Å²) < 4.78 is 19.3. The van der Waals surface area contributed by atoms with Crippen molar-refractivity contribution in [2.45, 2.75) is 0 Å². The van der Waals surface area contributed by atoms with Crippen LogP contribution in [0.4, 0.5) is 4.39 Å². The van der Waals surface area contributed by atoms with E-state index in [0.29, 0.717) is 21.9 Å². The van der Waals surface area contributed by atoms with Gasteiger partial charge in [0.25, 0.3) is 0 Å². The number of hydrogen-bond acceptors (Lipinski definition) is 3. The number of aromatic amines is 1. The van der Waals surface area contributed by atoms with Gasteiger partial charge in [0.1, 0.15) is 16.1 Å². The molecule has 0 atom stereocenters. The summed E-state index contributed by atoms with van der Waals surface area (Å²) in [6, 6.07) is 11.5. The summed E-state index contributed by atoms with van der Waals surface area (Å²) >= 11 is 3.28. The molecule has 0 unspecified atom stereocenters. The lowest BCUT2D eigenvalue weighted by molar-refractivity contribution is 0.464. The van der Waals surface area contributed by atoms with Gasteiger partial charge in [-0.15, -0.1) is 0 Å². The van der Waals surface area contributed by atoms with Gasteiger partial charge in [0.05, 0.1) is 6.20 Å². The third kappa shape index (κ3) is 2.70. The molecule has 6 heteroatoms. The first-order chi connectivity index (χ1) is 9.72. The summed E-state index contributed by atoms with van der Waals surface area (Å²) in [7, 11) is 0. The number of nitrogens with one attached hydrogen (secondary N) is 1. The van der Waals surface area contributed by atoms with Gasteiger partial charge in [-0.1, -0.05) is 6.07 Å². The molecule has 0 amide bonds. The number of pyridine rings is 1. The van der Waals surface area contributed by atoms with Crippen molar-refractivity contribution < 1.29 is 9.13 Å². The molecule has 2 heterocycles. The van der Waals surface area contributed by atoms with Crippen molar-refractivity contribution in [1.29, 1.82) is 0 Å². The SMILES string of the molecule is Fc1ccc(-c2[nH]ncc2Oc2cccc(Br)n2)cc1. The molecular formula is C14H9BrFN3O. The molecule has 4 nitrogen and oxygen atoms in total. The first-order valence-electron chi connectivity index (χ1n) is 5.82. The minimum atomic E-state index is -0.288. The van der Waals surface area contributed by atoms with Crippen LogP contribution in [0, 0.1) is 5.82 Å². The largest absolute Gasteiger partial charge is 0.435 e. The van der Waals surface area contributed by atoms with Gasteiger partial charge in [0, 0.05) is 11.6 Å². The molecule has 0 aliphatic carbocycles. The van der Waals surface area contributed by atoms with E-state index in [9.17, 15) is 4.39 Å². The Morgan fingerprint density at radius 2 is 1.90 bits per heavy atom. The molecule has 3 rings (SSSR count). The Hall–Kier alpha value is -2.21. The number of halogens is 2. The number of nitrogens with zero attached hydrogens (tertiary/aromatic N) is 2. The molecule has 3 aromatic rings.